The highest BCUT2D eigenvalue weighted by Crippen LogP contribution is 2.31. The van der Waals surface area contributed by atoms with Crippen LogP contribution >= 0.6 is 0 Å². The number of hydrogen-bond donors (Lipinski definition) is 1. The van der Waals surface area contributed by atoms with Crippen LogP contribution in [-0.4, -0.2) is 50.9 Å². The molecule has 5 rings (SSSR count). The molecule has 2 aromatic carbocycles. The van der Waals surface area contributed by atoms with Crippen molar-refractivity contribution >= 4 is 10.9 Å². The van der Waals surface area contributed by atoms with Crippen molar-refractivity contribution < 1.29 is 13.9 Å². The van der Waals surface area contributed by atoms with Crippen molar-refractivity contribution in [1.29, 1.82) is 0 Å². The number of nitrogens with zero attached hydrogens (tertiary/aromatic N) is 5. The van der Waals surface area contributed by atoms with Crippen molar-refractivity contribution in [3.63, 3.8) is 0 Å². The third kappa shape index (κ3) is 5.45. The number of aromatic amines is 1. The van der Waals surface area contributed by atoms with Crippen LogP contribution in [0.25, 0.3) is 10.9 Å². The minimum Gasteiger partial charge on any atom is -0.497 e. The molecule has 1 unspecified atom stereocenters. The van der Waals surface area contributed by atoms with Gasteiger partial charge in [0.05, 0.1) is 33.1 Å². The molecule has 0 amide bonds. The quantitative estimate of drug-likeness (QED) is 0.293. The zero-order valence-electron chi connectivity index (χ0n) is 20.7. The highest BCUT2D eigenvalue weighted by molar-refractivity contribution is 5.80. The number of benzene rings is 2. The smallest absolute Gasteiger partial charge is 0.253 e. The minimum absolute atomic E-state index is 0.221. The molecule has 10 heteroatoms. The van der Waals surface area contributed by atoms with Gasteiger partial charge >= 0.3 is 0 Å². The molecule has 0 radical (unpaired) electrons. The average molecular weight is 501 g/mol. The third-order valence-electron chi connectivity index (χ3n) is 6.22. The van der Waals surface area contributed by atoms with E-state index in [9.17, 15) is 4.79 Å². The Bertz CT molecular complexity index is 1500. The number of H-pyrrole nitrogens is 1. The number of fused-ring (bicyclic) bond motifs is 1. The van der Waals surface area contributed by atoms with E-state index in [1.165, 1.54) is 0 Å². The predicted octanol–water partition coefficient (Wildman–Crippen LogP) is 3.55. The van der Waals surface area contributed by atoms with Gasteiger partial charge in [-0.05, 0) is 52.4 Å². The van der Waals surface area contributed by atoms with Crippen molar-refractivity contribution in [2.75, 3.05) is 20.8 Å². The van der Waals surface area contributed by atoms with Crippen molar-refractivity contribution in [3.05, 3.63) is 106 Å². The van der Waals surface area contributed by atoms with E-state index in [1.54, 1.807) is 25.2 Å². The van der Waals surface area contributed by atoms with E-state index in [2.05, 4.69) is 37.5 Å². The Balaban J connectivity index is 1.68. The summed E-state index contributed by atoms with van der Waals surface area (Å²) in [5.41, 5.74) is 2.08. The number of nitrogens with one attached hydrogen (secondary N) is 1. The molecule has 0 aliphatic rings. The molecule has 0 bridgehead atoms. The number of rotatable bonds is 11. The fourth-order valence-corrected chi connectivity index (χ4v) is 4.43. The van der Waals surface area contributed by atoms with Crippen molar-refractivity contribution in [3.8, 4) is 5.75 Å². The number of methoxy groups -OCH3 is 2. The van der Waals surface area contributed by atoms with Gasteiger partial charge in [-0.2, -0.15) is 0 Å². The Labute approximate surface area is 213 Å². The van der Waals surface area contributed by atoms with Gasteiger partial charge in [0.25, 0.3) is 5.56 Å². The zero-order valence-corrected chi connectivity index (χ0v) is 20.7. The molecule has 0 saturated heterocycles. The molecular formula is C27H28N6O4. The average Bonchev–Trinajstić information content (AvgIpc) is 3.60. The van der Waals surface area contributed by atoms with E-state index < -0.39 is 6.04 Å². The van der Waals surface area contributed by atoms with E-state index in [0.717, 1.165) is 16.7 Å². The van der Waals surface area contributed by atoms with Crippen LogP contribution in [0.1, 0.15) is 28.8 Å². The van der Waals surface area contributed by atoms with Crippen LogP contribution in [0.2, 0.25) is 0 Å². The lowest BCUT2D eigenvalue weighted by Gasteiger charge is -2.30. The van der Waals surface area contributed by atoms with Crippen LogP contribution in [0.3, 0.4) is 0 Å². The fourth-order valence-electron chi connectivity index (χ4n) is 4.43. The molecule has 0 aliphatic carbocycles. The van der Waals surface area contributed by atoms with E-state index in [4.69, 9.17) is 13.9 Å². The summed E-state index contributed by atoms with van der Waals surface area (Å²) in [5.74, 6) is 1.99. The fraction of sp³-hybridized carbons (Fsp3) is 0.259. The summed E-state index contributed by atoms with van der Waals surface area (Å²) in [4.78, 5) is 18.7. The molecule has 3 aromatic heterocycles. The van der Waals surface area contributed by atoms with Crippen LogP contribution in [0, 0.1) is 0 Å². The topological polar surface area (TPSA) is 111 Å². The van der Waals surface area contributed by atoms with Gasteiger partial charge in [0.15, 0.2) is 5.82 Å². The maximum atomic E-state index is 13.6. The first-order chi connectivity index (χ1) is 18.2. The van der Waals surface area contributed by atoms with Crippen molar-refractivity contribution in [2.45, 2.75) is 25.7 Å². The van der Waals surface area contributed by atoms with E-state index >= 15 is 0 Å². The second-order valence-electron chi connectivity index (χ2n) is 8.63. The molecule has 1 N–H and O–H groups in total. The zero-order chi connectivity index (χ0) is 25.6. The summed E-state index contributed by atoms with van der Waals surface area (Å²) >= 11 is 0. The van der Waals surface area contributed by atoms with Crippen molar-refractivity contribution in [2.24, 2.45) is 0 Å². The molecule has 0 aliphatic heterocycles. The largest absolute Gasteiger partial charge is 0.497 e. The number of furan rings is 1. The first-order valence-electron chi connectivity index (χ1n) is 11.9. The molecule has 1 atom stereocenters. The van der Waals surface area contributed by atoms with E-state index in [1.807, 2.05) is 54.6 Å². The summed E-state index contributed by atoms with van der Waals surface area (Å²) in [6.45, 7) is 1.82. The second-order valence-corrected chi connectivity index (χ2v) is 8.63. The normalized spacial score (nSPS) is 12.3. The monoisotopic (exact) mass is 500 g/mol. The first kappa shape index (κ1) is 24.4. The van der Waals surface area contributed by atoms with Gasteiger partial charge in [0.2, 0.25) is 0 Å². The van der Waals surface area contributed by atoms with Gasteiger partial charge < -0.3 is 18.9 Å². The Morgan fingerprint density at radius 1 is 1.05 bits per heavy atom. The van der Waals surface area contributed by atoms with Crippen LogP contribution < -0.4 is 10.3 Å². The van der Waals surface area contributed by atoms with Gasteiger partial charge in [-0.1, -0.05) is 30.3 Å². The maximum absolute atomic E-state index is 13.6. The van der Waals surface area contributed by atoms with E-state index in [-0.39, 0.29) is 5.56 Å². The standard InChI is InChI=1S/C27H28N6O4/c1-35-14-12-33-26(29-30-31-33)25(23-16-20-15-21(36-2)10-11-24(20)28-27(23)34)32(18-22-9-6-13-37-22)17-19-7-4-3-5-8-19/h3-11,13,15-16,25H,12,14,17-18H2,1-2H3,(H,28,34). The highest BCUT2D eigenvalue weighted by Gasteiger charge is 2.31. The van der Waals surface area contributed by atoms with Crippen LogP contribution in [0.5, 0.6) is 5.75 Å². The van der Waals surface area contributed by atoms with Gasteiger partial charge in [0.1, 0.15) is 17.6 Å². The minimum atomic E-state index is -0.587. The van der Waals surface area contributed by atoms with Crippen molar-refractivity contribution in [1.82, 2.24) is 30.1 Å². The molecule has 5 aromatic rings. The molecule has 0 saturated carbocycles. The highest BCUT2D eigenvalue weighted by atomic mass is 16.5. The lowest BCUT2D eigenvalue weighted by atomic mass is 10.0. The number of tetrazole rings is 1. The number of hydrogen-bond acceptors (Lipinski definition) is 8. The Kier molecular flexibility index (Phi) is 7.38. The van der Waals surface area contributed by atoms with Crippen LogP contribution in [0.4, 0.5) is 0 Å². The lowest BCUT2D eigenvalue weighted by Crippen LogP contribution is -2.35. The third-order valence-corrected chi connectivity index (χ3v) is 6.22. The number of aromatic nitrogens is 5. The van der Waals surface area contributed by atoms with Gasteiger partial charge in [0, 0.05) is 30.1 Å². The molecule has 3 heterocycles. The second kappa shape index (κ2) is 11.2. The van der Waals surface area contributed by atoms with Crippen LogP contribution in [-0.2, 0) is 24.4 Å². The maximum Gasteiger partial charge on any atom is 0.253 e. The molecule has 37 heavy (non-hydrogen) atoms. The molecule has 190 valence electrons. The molecular weight excluding hydrogens is 472 g/mol. The summed E-state index contributed by atoms with van der Waals surface area (Å²) in [5, 5.41) is 13.4. The summed E-state index contributed by atoms with van der Waals surface area (Å²) in [6.07, 6.45) is 1.64. The first-order valence-corrected chi connectivity index (χ1v) is 11.9. The SMILES string of the molecule is COCCn1nnnc1C(c1cc2cc(OC)ccc2[nH]c1=O)N(Cc1ccccc1)Cc1ccco1. The summed E-state index contributed by atoms with van der Waals surface area (Å²) in [6, 6.07) is 20.7. The summed E-state index contributed by atoms with van der Waals surface area (Å²) < 4.78 is 18.1. The Hall–Kier alpha value is -4.28. The number of pyridine rings is 1. The van der Waals surface area contributed by atoms with Crippen LogP contribution in [0.15, 0.2) is 82.2 Å². The lowest BCUT2D eigenvalue weighted by molar-refractivity contribution is 0.163. The van der Waals surface area contributed by atoms with Gasteiger partial charge in [-0.15, -0.1) is 5.10 Å². The molecule has 0 spiro atoms. The van der Waals surface area contributed by atoms with Gasteiger partial charge in [-0.3, -0.25) is 9.69 Å². The molecule has 10 nitrogen and oxygen atoms in total. The number of ether oxygens (including phenoxy) is 2. The van der Waals surface area contributed by atoms with Gasteiger partial charge in [-0.25, -0.2) is 4.68 Å². The molecule has 0 fully saturated rings. The Morgan fingerprint density at radius 2 is 1.92 bits per heavy atom. The summed E-state index contributed by atoms with van der Waals surface area (Å²) in [7, 11) is 3.24. The Morgan fingerprint density at radius 3 is 2.68 bits per heavy atom. The van der Waals surface area contributed by atoms with E-state index in [0.29, 0.717) is 48.9 Å². The predicted molar refractivity (Wildman–Crippen MR) is 137 cm³/mol.